The predicted molar refractivity (Wildman–Crippen MR) is 77.4 cm³/mol. The first-order valence-electron chi connectivity index (χ1n) is 5.53. The van der Waals surface area contributed by atoms with Crippen LogP contribution in [0.5, 0.6) is 0 Å². The van der Waals surface area contributed by atoms with E-state index in [1.165, 1.54) is 0 Å². The molecular weight excluding hydrogens is 287 g/mol. The van der Waals surface area contributed by atoms with Gasteiger partial charge in [0.15, 0.2) is 5.82 Å². The molecular formula is C11H14Cl2N6. The molecule has 0 saturated carbocycles. The number of hydrogen-bond acceptors (Lipinski definition) is 5. The summed E-state index contributed by atoms with van der Waals surface area (Å²) in [5, 5.41) is 0.836. The van der Waals surface area contributed by atoms with Gasteiger partial charge in [0, 0.05) is 26.5 Å². The normalized spacial score (nSPS) is 10.6. The number of imidazole rings is 1. The number of rotatable bonds is 4. The minimum atomic E-state index is 0.377. The molecule has 0 atom stereocenters. The van der Waals surface area contributed by atoms with Crippen molar-refractivity contribution in [2.45, 2.75) is 6.54 Å². The Balaban J connectivity index is 2.28. The van der Waals surface area contributed by atoms with E-state index in [-0.39, 0.29) is 0 Å². The lowest BCUT2D eigenvalue weighted by Gasteiger charge is -2.20. The number of nitrogens with one attached hydrogen (secondary N) is 1. The molecule has 2 rings (SSSR count). The lowest BCUT2D eigenvalue weighted by Crippen LogP contribution is -2.21. The second-order valence-electron chi connectivity index (χ2n) is 4.08. The maximum Gasteiger partial charge on any atom is 0.161 e. The zero-order valence-corrected chi connectivity index (χ0v) is 12.1. The maximum absolute atomic E-state index is 6.15. The first kappa shape index (κ1) is 13.9. The monoisotopic (exact) mass is 300 g/mol. The van der Waals surface area contributed by atoms with E-state index >= 15 is 0 Å². The minimum Gasteiger partial charge on any atom is -0.351 e. The summed E-state index contributed by atoms with van der Waals surface area (Å²) >= 11 is 12.1. The van der Waals surface area contributed by atoms with Crippen LogP contribution in [0.4, 0.5) is 11.6 Å². The summed E-state index contributed by atoms with van der Waals surface area (Å²) in [6.07, 6.45) is 3.62. The molecule has 8 heteroatoms. The highest BCUT2D eigenvalue weighted by Crippen LogP contribution is 2.30. The van der Waals surface area contributed by atoms with Gasteiger partial charge in [0.25, 0.3) is 0 Å². The highest BCUT2D eigenvalue weighted by molar-refractivity contribution is 6.37. The average Bonchev–Trinajstić information content (AvgIpc) is 2.75. The number of pyridine rings is 1. The van der Waals surface area contributed by atoms with Gasteiger partial charge in [0.1, 0.15) is 11.6 Å². The Morgan fingerprint density at radius 3 is 2.74 bits per heavy atom. The molecule has 2 aromatic heterocycles. The van der Waals surface area contributed by atoms with Crippen LogP contribution in [0.3, 0.4) is 0 Å². The third-order valence-corrected chi connectivity index (χ3v) is 3.28. The third-order valence-electron chi connectivity index (χ3n) is 2.71. The molecule has 6 nitrogen and oxygen atoms in total. The molecule has 0 fully saturated rings. The van der Waals surface area contributed by atoms with E-state index in [0.29, 0.717) is 28.2 Å². The van der Waals surface area contributed by atoms with Gasteiger partial charge in [0.2, 0.25) is 0 Å². The van der Waals surface area contributed by atoms with Crippen LogP contribution in [-0.4, -0.2) is 21.6 Å². The van der Waals surface area contributed by atoms with Crippen LogP contribution >= 0.6 is 23.2 Å². The van der Waals surface area contributed by atoms with Crippen molar-refractivity contribution in [1.82, 2.24) is 14.5 Å². The lowest BCUT2D eigenvalue weighted by atomic mass is 10.4. The van der Waals surface area contributed by atoms with Gasteiger partial charge >= 0.3 is 0 Å². The fourth-order valence-electron chi connectivity index (χ4n) is 1.66. The number of nitrogens with two attached hydrogens (primary N) is 1. The SMILES string of the molecule is CN(Cc1nccn1C)c1nc(NN)c(Cl)cc1Cl. The smallest absolute Gasteiger partial charge is 0.161 e. The molecule has 0 aliphatic rings. The van der Waals surface area contributed by atoms with Crippen molar-refractivity contribution in [1.29, 1.82) is 0 Å². The van der Waals surface area contributed by atoms with Crippen LogP contribution in [-0.2, 0) is 13.6 Å². The molecule has 19 heavy (non-hydrogen) atoms. The van der Waals surface area contributed by atoms with Crippen molar-refractivity contribution in [3.05, 3.63) is 34.3 Å². The Kier molecular flexibility index (Phi) is 4.14. The summed E-state index contributed by atoms with van der Waals surface area (Å²) in [4.78, 5) is 10.4. The van der Waals surface area contributed by atoms with Gasteiger partial charge in [-0.2, -0.15) is 0 Å². The molecule has 3 N–H and O–H groups in total. The molecule has 2 heterocycles. The van der Waals surface area contributed by atoms with Gasteiger partial charge in [-0.05, 0) is 6.07 Å². The van der Waals surface area contributed by atoms with Gasteiger partial charge < -0.3 is 14.9 Å². The number of hydrazine groups is 1. The van der Waals surface area contributed by atoms with Gasteiger partial charge in [-0.15, -0.1) is 0 Å². The van der Waals surface area contributed by atoms with E-state index in [0.717, 1.165) is 5.82 Å². The number of halogens is 2. The van der Waals surface area contributed by atoms with Crippen LogP contribution in [0.15, 0.2) is 18.5 Å². The molecule has 0 radical (unpaired) electrons. The molecule has 0 aliphatic carbocycles. The number of nitrogen functional groups attached to an aromatic ring is 1. The Morgan fingerprint density at radius 1 is 1.42 bits per heavy atom. The quantitative estimate of drug-likeness (QED) is 0.668. The molecule has 2 aromatic rings. The molecule has 0 aliphatic heterocycles. The van der Waals surface area contributed by atoms with Crippen molar-refractivity contribution < 1.29 is 0 Å². The summed E-state index contributed by atoms with van der Waals surface area (Å²) in [5.74, 6) is 7.22. The van der Waals surface area contributed by atoms with Crippen molar-refractivity contribution in [2.75, 3.05) is 17.4 Å². The van der Waals surface area contributed by atoms with Gasteiger partial charge in [-0.3, -0.25) is 0 Å². The van der Waals surface area contributed by atoms with Crippen LogP contribution in [0.25, 0.3) is 0 Å². The number of hydrogen-bond donors (Lipinski definition) is 2. The molecule has 0 unspecified atom stereocenters. The Bertz CT molecular complexity index is 583. The predicted octanol–water partition coefficient (Wildman–Crippen LogP) is 2.04. The largest absolute Gasteiger partial charge is 0.351 e. The zero-order chi connectivity index (χ0) is 14.0. The van der Waals surface area contributed by atoms with Crippen LogP contribution in [0.2, 0.25) is 10.0 Å². The minimum absolute atomic E-state index is 0.377. The number of aryl methyl sites for hydroxylation is 1. The van der Waals surface area contributed by atoms with Crippen molar-refractivity contribution in [2.24, 2.45) is 12.9 Å². The molecule has 102 valence electrons. The van der Waals surface area contributed by atoms with Gasteiger partial charge in [0.05, 0.1) is 16.6 Å². The average molecular weight is 301 g/mol. The Morgan fingerprint density at radius 2 is 2.16 bits per heavy atom. The topological polar surface area (TPSA) is 72.0 Å². The van der Waals surface area contributed by atoms with E-state index < -0.39 is 0 Å². The summed E-state index contributed by atoms with van der Waals surface area (Å²) in [6.45, 7) is 0.571. The third kappa shape index (κ3) is 2.91. The van der Waals surface area contributed by atoms with E-state index in [1.807, 2.05) is 29.8 Å². The summed E-state index contributed by atoms with van der Waals surface area (Å²) < 4.78 is 1.93. The highest BCUT2D eigenvalue weighted by Gasteiger charge is 2.14. The molecule has 0 bridgehead atoms. The first-order chi connectivity index (χ1) is 9.02. The van der Waals surface area contributed by atoms with Crippen LogP contribution < -0.4 is 16.2 Å². The molecule has 0 saturated heterocycles. The molecule has 0 amide bonds. The molecule has 0 aromatic carbocycles. The number of nitrogens with zero attached hydrogens (tertiary/aromatic N) is 4. The second-order valence-corrected chi connectivity index (χ2v) is 4.89. The zero-order valence-electron chi connectivity index (χ0n) is 10.6. The second kappa shape index (κ2) is 5.64. The van der Waals surface area contributed by atoms with E-state index in [2.05, 4.69) is 15.4 Å². The van der Waals surface area contributed by atoms with Crippen molar-refractivity contribution >= 4 is 34.8 Å². The fourth-order valence-corrected chi connectivity index (χ4v) is 2.22. The maximum atomic E-state index is 6.15. The molecule has 0 spiro atoms. The van der Waals surface area contributed by atoms with Crippen molar-refractivity contribution in [3.8, 4) is 0 Å². The van der Waals surface area contributed by atoms with E-state index in [9.17, 15) is 0 Å². The number of anilines is 2. The number of aromatic nitrogens is 3. The Hall–Kier alpha value is -1.50. The summed E-state index contributed by atoms with van der Waals surface area (Å²) in [5.41, 5.74) is 2.44. The van der Waals surface area contributed by atoms with E-state index in [1.54, 1.807) is 12.3 Å². The van der Waals surface area contributed by atoms with Crippen LogP contribution in [0, 0.1) is 0 Å². The first-order valence-corrected chi connectivity index (χ1v) is 6.28. The Labute approximate surface area is 121 Å². The van der Waals surface area contributed by atoms with Gasteiger partial charge in [-0.25, -0.2) is 15.8 Å². The lowest BCUT2D eigenvalue weighted by molar-refractivity contribution is 0.756. The van der Waals surface area contributed by atoms with Gasteiger partial charge in [-0.1, -0.05) is 23.2 Å². The van der Waals surface area contributed by atoms with Crippen molar-refractivity contribution in [3.63, 3.8) is 0 Å². The summed E-state index contributed by atoms with van der Waals surface area (Å²) in [7, 11) is 3.80. The van der Waals surface area contributed by atoms with Crippen LogP contribution in [0.1, 0.15) is 5.82 Å². The summed E-state index contributed by atoms with van der Waals surface area (Å²) in [6, 6.07) is 1.61. The highest BCUT2D eigenvalue weighted by atomic mass is 35.5. The van der Waals surface area contributed by atoms with E-state index in [4.69, 9.17) is 29.0 Å². The standard InChI is InChI=1S/C11H14Cl2N6/c1-18-4-3-15-9(18)6-19(2)11-8(13)5-7(12)10(16-11)17-14/h3-5H,6,14H2,1-2H3,(H,16,17). The fraction of sp³-hybridized carbons (Fsp3) is 0.273.